The number of imidazole rings is 1. The Bertz CT molecular complexity index is 439. The second kappa shape index (κ2) is 3.65. The first-order chi connectivity index (χ1) is 5.66. The van der Waals surface area contributed by atoms with Gasteiger partial charge < -0.3 is 4.98 Å². The van der Waals surface area contributed by atoms with E-state index in [1.165, 1.54) is 0 Å². The Balaban J connectivity index is 0.000000845. The second-order valence-electron chi connectivity index (χ2n) is 2.30. The maximum absolute atomic E-state index is 5.77. The van der Waals surface area contributed by atoms with Crippen LogP contribution in [0, 0.1) is 6.92 Å². The van der Waals surface area contributed by atoms with Gasteiger partial charge in [-0.25, -0.2) is 9.97 Å². The summed E-state index contributed by atoms with van der Waals surface area (Å²) >= 11 is 11.3. The minimum atomic E-state index is 0. The van der Waals surface area contributed by atoms with Crippen molar-refractivity contribution >= 4 is 46.8 Å². The molecule has 0 unspecified atom stereocenters. The molecule has 0 aliphatic rings. The molecule has 2 rings (SSSR count). The predicted octanol–water partition coefficient (Wildman–Crippen LogP) is 2.39. The number of aromatic amines is 1. The number of hydrogen-bond donors (Lipinski definition) is 1. The van der Waals surface area contributed by atoms with Crippen molar-refractivity contribution in [1.82, 2.24) is 19.9 Å². The first-order valence-corrected chi connectivity index (χ1v) is 3.98. The van der Waals surface area contributed by atoms with Crippen LogP contribution in [0.5, 0.6) is 0 Å². The predicted molar refractivity (Wildman–Crippen MR) is 53.7 cm³/mol. The van der Waals surface area contributed by atoms with Gasteiger partial charge in [-0.05, 0) is 18.5 Å². The average Bonchev–Trinajstić information content (AvgIpc) is 2.29. The lowest BCUT2D eigenvalue weighted by molar-refractivity contribution is 1.16. The van der Waals surface area contributed by atoms with Crippen LogP contribution in [-0.2, 0) is 0 Å². The fraction of sp³-hybridized carbons (Fsp3) is 0.167. The van der Waals surface area contributed by atoms with E-state index in [1.54, 1.807) is 0 Å². The molecular weight excluding hydrogens is 234 g/mol. The van der Waals surface area contributed by atoms with Gasteiger partial charge in [-0.3, -0.25) is 0 Å². The molecule has 0 bridgehead atoms. The molecule has 0 saturated carbocycles. The van der Waals surface area contributed by atoms with E-state index in [1.807, 2.05) is 6.92 Å². The van der Waals surface area contributed by atoms with E-state index in [0.29, 0.717) is 16.3 Å². The molecule has 2 heterocycles. The smallest absolute Gasteiger partial charge is 0.225 e. The quantitative estimate of drug-likeness (QED) is 0.567. The molecule has 7 heteroatoms. The zero-order valence-corrected chi connectivity index (χ0v) is 8.83. The molecule has 13 heavy (non-hydrogen) atoms. The summed E-state index contributed by atoms with van der Waals surface area (Å²) in [5.74, 6) is 0.739. The zero-order valence-electron chi connectivity index (χ0n) is 6.51. The summed E-state index contributed by atoms with van der Waals surface area (Å²) in [5.41, 5.74) is 1.12. The molecule has 2 aromatic rings. The first-order valence-electron chi connectivity index (χ1n) is 3.22. The van der Waals surface area contributed by atoms with Gasteiger partial charge in [-0.15, -0.1) is 12.4 Å². The van der Waals surface area contributed by atoms with E-state index in [2.05, 4.69) is 19.9 Å². The lowest BCUT2D eigenvalue weighted by Gasteiger charge is -1.90. The van der Waals surface area contributed by atoms with E-state index < -0.39 is 0 Å². The number of nitrogens with one attached hydrogen (secondary N) is 1. The van der Waals surface area contributed by atoms with Crippen LogP contribution in [0.1, 0.15) is 5.82 Å². The zero-order chi connectivity index (χ0) is 8.72. The van der Waals surface area contributed by atoms with Crippen molar-refractivity contribution < 1.29 is 0 Å². The van der Waals surface area contributed by atoms with Gasteiger partial charge in [0.2, 0.25) is 5.28 Å². The highest BCUT2D eigenvalue weighted by Gasteiger charge is 2.07. The van der Waals surface area contributed by atoms with Gasteiger partial charge >= 0.3 is 0 Å². The molecular formula is C6H5Cl3N4. The van der Waals surface area contributed by atoms with Crippen LogP contribution in [-0.4, -0.2) is 19.9 Å². The highest BCUT2D eigenvalue weighted by Crippen LogP contribution is 2.19. The van der Waals surface area contributed by atoms with Crippen LogP contribution in [0.3, 0.4) is 0 Å². The Morgan fingerprint density at radius 2 is 1.85 bits per heavy atom. The minimum absolute atomic E-state index is 0. The van der Waals surface area contributed by atoms with Crippen molar-refractivity contribution in [3.63, 3.8) is 0 Å². The molecule has 0 radical (unpaired) electrons. The lowest BCUT2D eigenvalue weighted by Crippen LogP contribution is -1.84. The maximum Gasteiger partial charge on any atom is 0.225 e. The molecule has 4 nitrogen and oxygen atoms in total. The van der Waals surface area contributed by atoms with Gasteiger partial charge in [-0.2, -0.15) is 4.98 Å². The van der Waals surface area contributed by atoms with E-state index in [0.717, 1.165) is 5.82 Å². The Labute approximate surface area is 90.1 Å². The van der Waals surface area contributed by atoms with Gasteiger partial charge in [0.15, 0.2) is 10.8 Å². The Morgan fingerprint density at radius 1 is 1.15 bits per heavy atom. The number of halogens is 3. The summed E-state index contributed by atoms with van der Waals surface area (Å²) in [5, 5.41) is 0.407. The van der Waals surface area contributed by atoms with Crippen LogP contribution in [0.15, 0.2) is 0 Å². The van der Waals surface area contributed by atoms with Crippen molar-refractivity contribution in [3.05, 3.63) is 16.3 Å². The number of H-pyrrole nitrogens is 1. The molecule has 2 aromatic heterocycles. The third-order valence-corrected chi connectivity index (χ3v) is 1.84. The molecule has 0 aliphatic heterocycles. The summed E-state index contributed by atoms with van der Waals surface area (Å²) in [6.07, 6.45) is 0. The van der Waals surface area contributed by atoms with Crippen LogP contribution < -0.4 is 0 Å². The average molecular weight is 239 g/mol. The van der Waals surface area contributed by atoms with E-state index in [9.17, 15) is 0 Å². The molecule has 0 amide bonds. The van der Waals surface area contributed by atoms with E-state index in [-0.39, 0.29) is 17.7 Å². The monoisotopic (exact) mass is 238 g/mol. The summed E-state index contributed by atoms with van der Waals surface area (Å²) in [7, 11) is 0. The summed E-state index contributed by atoms with van der Waals surface area (Å²) in [4.78, 5) is 14.6. The van der Waals surface area contributed by atoms with Crippen LogP contribution in [0.2, 0.25) is 10.4 Å². The standard InChI is InChI=1S/C6H4Cl2N4.ClH/c1-2-9-3-4(7)11-6(8)12-5(3)10-2;/h1H3,(H,9,10,11,12);1H. The SMILES string of the molecule is Cc1nc2nc(Cl)nc(Cl)c2[nH]1.Cl. The van der Waals surface area contributed by atoms with Crippen molar-refractivity contribution in [2.24, 2.45) is 0 Å². The van der Waals surface area contributed by atoms with Gasteiger partial charge in [0.1, 0.15) is 11.3 Å². The van der Waals surface area contributed by atoms with Gasteiger partial charge in [0, 0.05) is 0 Å². The number of rotatable bonds is 0. The second-order valence-corrected chi connectivity index (χ2v) is 3.00. The number of aromatic nitrogens is 4. The van der Waals surface area contributed by atoms with E-state index in [4.69, 9.17) is 23.2 Å². The van der Waals surface area contributed by atoms with Gasteiger partial charge in [0.05, 0.1) is 0 Å². The molecule has 0 fully saturated rings. The third-order valence-electron chi connectivity index (χ3n) is 1.40. The molecule has 0 aliphatic carbocycles. The normalized spacial score (nSPS) is 10.1. The van der Waals surface area contributed by atoms with Crippen molar-refractivity contribution in [2.75, 3.05) is 0 Å². The largest absolute Gasteiger partial charge is 0.338 e. The fourth-order valence-corrected chi connectivity index (χ4v) is 1.37. The molecule has 0 aromatic carbocycles. The molecule has 0 saturated heterocycles. The third kappa shape index (κ3) is 1.85. The maximum atomic E-state index is 5.77. The number of hydrogen-bond acceptors (Lipinski definition) is 3. The highest BCUT2D eigenvalue weighted by atomic mass is 35.5. The summed E-state index contributed by atoms with van der Waals surface area (Å²) < 4.78 is 0. The Morgan fingerprint density at radius 3 is 2.54 bits per heavy atom. The number of nitrogens with zero attached hydrogens (tertiary/aromatic N) is 3. The topological polar surface area (TPSA) is 54.5 Å². The summed E-state index contributed by atoms with van der Waals surface area (Å²) in [6, 6.07) is 0. The van der Waals surface area contributed by atoms with Crippen LogP contribution in [0.4, 0.5) is 0 Å². The van der Waals surface area contributed by atoms with Crippen molar-refractivity contribution in [1.29, 1.82) is 0 Å². The molecule has 1 N–H and O–H groups in total. The molecule has 0 atom stereocenters. The van der Waals surface area contributed by atoms with Crippen molar-refractivity contribution in [2.45, 2.75) is 6.92 Å². The van der Waals surface area contributed by atoms with Gasteiger partial charge in [0.25, 0.3) is 0 Å². The van der Waals surface area contributed by atoms with E-state index >= 15 is 0 Å². The Hall–Kier alpha value is -0.580. The Kier molecular flexibility index (Phi) is 2.95. The number of aryl methyl sites for hydroxylation is 1. The minimum Gasteiger partial charge on any atom is -0.338 e. The van der Waals surface area contributed by atoms with Crippen LogP contribution >= 0.6 is 35.6 Å². The van der Waals surface area contributed by atoms with Crippen molar-refractivity contribution in [3.8, 4) is 0 Å². The lowest BCUT2D eigenvalue weighted by atomic mass is 10.6. The fourth-order valence-electron chi connectivity index (χ4n) is 0.954. The van der Waals surface area contributed by atoms with Gasteiger partial charge in [-0.1, -0.05) is 11.6 Å². The molecule has 0 spiro atoms. The number of fused-ring (bicyclic) bond motifs is 1. The molecule has 70 valence electrons. The highest BCUT2D eigenvalue weighted by molar-refractivity contribution is 6.35. The van der Waals surface area contributed by atoms with Crippen LogP contribution in [0.25, 0.3) is 11.2 Å². The summed E-state index contributed by atoms with van der Waals surface area (Å²) in [6.45, 7) is 1.81. The first kappa shape index (κ1) is 10.5.